The monoisotopic (exact) mass is 226 g/mol. The molecule has 0 fully saturated rings. The average molecular weight is 226 g/mol. The van der Waals surface area contributed by atoms with Crippen molar-refractivity contribution < 1.29 is 4.43 Å². The van der Waals surface area contributed by atoms with Gasteiger partial charge in [0.2, 0.25) is 0 Å². The van der Waals surface area contributed by atoms with Crippen LogP contribution < -0.4 is 0 Å². The maximum absolute atomic E-state index is 6.25. The van der Waals surface area contributed by atoms with E-state index in [1.54, 1.807) is 0 Å². The summed E-state index contributed by atoms with van der Waals surface area (Å²) in [6.45, 7) is 11.5. The molecule has 2 unspecified atom stereocenters. The molecule has 0 aromatic heterocycles. The van der Waals surface area contributed by atoms with E-state index < -0.39 is 8.32 Å². The normalized spacial score (nSPS) is 32.7. The molecule has 1 aliphatic carbocycles. The third-order valence-corrected chi connectivity index (χ3v) is 3.93. The summed E-state index contributed by atoms with van der Waals surface area (Å²) in [5.41, 5.74) is 1.52. The number of hydrogen-bond donors (Lipinski definition) is 0. The molecule has 15 heavy (non-hydrogen) atoms. The molecule has 2 heteroatoms. The van der Waals surface area contributed by atoms with Crippen LogP contribution >= 0.6 is 0 Å². The zero-order valence-electron chi connectivity index (χ0n) is 11.0. The summed E-state index contributed by atoms with van der Waals surface area (Å²) >= 11 is 0. The highest BCUT2D eigenvalue weighted by atomic mass is 28.4. The van der Waals surface area contributed by atoms with Crippen LogP contribution in [0.5, 0.6) is 0 Å². The quantitative estimate of drug-likeness (QED) is 0.502. The van der Waals surface area contributed by atoms with E-state index >= 15 is 0 Å². The number of allylic oxidation sites excluding steroid dienone is 1. The molecule has 1 nitrogen and oxygen atoms in total. The molecule has 0 heterocycles. The Morgan fingerprint density at radius 1 is 1.33 bits per heavy atom. The van der Waals surface area contributed by atoms with Crippen molar-refractivity contribution in [1.82, 2.24) is 0 Å². The van der Waals surface area contributed by atoms with Crippen LogP contribution in [0.2, 0.25) is 19.6 Å². The van der Waals surface area contributed by atoms with Crippen molar-refractivity contribution in [3.8, 4) is 0 Å². The molecular formula is C13H26OSi. The van der Waals surface area contributed by atoms with Gasteiger partial charge in [0.15, 0.2) is 8.32 Å². The van der Waals surface area contributed by atoms with E-state index in [4.69, 9.17) is 4.43 Å². The van der Waals surface area contributed by atoms with E-state index in [9.17, 15) is 0 Å². The van der Waals surface area contributed by atoms with Crippen LogP contribution in [0.25, 0.3) is 0 Å². The molecule has 0 amide bonds. The Hall–Kier alpha value is -0.0831. The van der Waals surface area contributed by atoms with Crippen molar-refractivity contribution in [1.29, 1.82) is 0 Å². The minimum Gasteiger partial charge on any atom is -0.414 e. The lowest BCUT2D eigenvalue weighted by molar-refractivity contribution is 0.159. The fourth-order valence-electron chi connectivity index (χ4n) is 2.30. The van der Waals surface area contributed by atoms with Crippen LogP contribution in [-0.4, -0.2) is 14.4 Å². The van der Waals surface area contributed by atoms with E-state index in [1.807, 2.05) is 0 Å². The van der Waals surface area contributed by atoms with Crippen LogP contribution in [0.4, 0.5) is 0 Å². The lowest BCUT2D eigenvalue weighted by Crippen LogP contribution is -2.33. The van der Waals surface area contributed by atoms with E-state index in [0.29, 0.717) is 6.10 Å². The van der Waals surface area contributed by atoms with Gasteiger partial charge in [0.1, 0.15) is 0 Å². The Bertz CT molecular complexity index is 227. The molecule has 0 saturated heterocycles. The van der Waals surface area contributed by atoms with Gasteiger partial charge in [0.05, 0.1) is 0 Å². The van der Waals surface area contributed by atoms with Crippen LogP contribution in [0.3, 0.4) is 0 Å². The van der Waals surface area contributed by atoms with Crippen molar-refractivity contribution in [2.24, 2.45) is 5.92 Å². The lowest BCUT2D eigenvalue weighted by atomic mass is 9.91. The Kier molecular flexibility index (Phi) is 4.59. The maximum Gasteiger partial charge on any atom is 0.184 e. The summed E-state index contributed by atoms with van der Waals surface area (Å²) in [5.74, 6) is 0.815. The molecule has 0 spiro atoms. The highest BCUT2D eigenvalue weighted by Crippen LogP contribution is 2.26. The highest BCUT2D eigenvalue weighted by molar-refractivity contribution is 6.69. The number of rotatable bonds is 2. The second-order valence-electron chi connectivity index (χ2n) is 6.03. The zero-order chi connectivity index (χ0) is 11.5. The largest absolute Gasteiger partial charge is 0.414 e. The first kappa shape index (κ1) is 13.0. The second kappa shape index (κ2) is 5.31. The Balaban J connectivity index is 2.60. The van der Waals surface area contributed by atoms with Gasteiger partial charge in [0.25, 0.3) is 0 Å². The summed E-state index contributed by atoms with van der Waals surface area (Å²) < 4.78 is 6.25. The first-order valence-corrected chi connectivity index (χ1v) is 9.61. The standard InChI is InChI=1S/C13H26OSi/c1-11-7-6-8-12(2)10-13(9-11)14-15(3,4)5/h7,12-13H,6,8-10H2,1-5H3/b11-7-. The zero-order valence-corrected chi connectivity index (χ0v) is 12.0. The summed E-state index contributed by atoms with van der Waals surface area (Å²) in [4.78, 5) is 0. The van der Waals surface area contributed by atoms with Gasteiger partial charge in [0, 0.05) is 6.10 Å². The maximum atomic E-state index is 6.25. The van der Waals surface area contributed by atoms with Gasteiger partial charge in [-0.2, -0.15) is 0 Å². The van der Waals surface area contributed by atoms with Crippen molar-refractivity contribution >= 4 is 8.32 Å². The van der Waals surface area contributed by atoms with Crippen LogP contribution in [-0.2, 0) is 4.43 Å². The van der Waals surface area contributed by atoms with E-state index in [0.717, 1.165) is 12.3 Å². The van der Waals surface area contributed by atoms with Crippen molar-refractivity contribution in [3.05, 3.63) is 11.6 Å². The van der Waals surface area contributed by atoms with Gasteiger partial charge < -0.3 is 4.43 Å². The predicted molar refractivity (Wildman–Crippen MR) is 69.6 cm³/mol. The first-order valence-electron chi connectivity index (χ1n) is 6.20. The van der Waals surface area contributed by atoms with E-state index in [2.05, 4.69) is 39.6 Å². The van der Waals surface area contributed by atoms with Crippen molar-refractivity contribution in [3.63, 3.8) is 0 Å². The summed E-state index contributed by atoms with van der Waals surface area (Å²) in [5, 5.41) is 0. The van der Waals surface area contributed by atoms with Crippen LogP contribution in [0, 0.1) is 5.92 Å². The third-order valence-electron chi connectivity index (χ3n) is 2.89. The van der Waals surface area contributed by atoms with Gasteiger partial charge in [-0.15, -0.1) is 0 Å². The Morgan fingerprint density at radius 3 is 2.60 bits per heavy atom. The highest BCUT2D eigenvalue weighted by Gasteiger charge is 2.23. The van der Waals surface area contributed by atoms with Gasteiger partial charge in [-0.1, -0.05) is 18.6 Å². The van der Waals surface area contributed by atoms with Crippen molar-refractivity contribution in [2.45, 2.75) is 65.3 Å². The molecule has 0 aromatic rings. The minimum atomic E-state index is -1.37. The molecule has 0 radical (unpaired) electrons. The van der Waals surface area contributed by atoms with Gasteiger partial charge in [-0.3, -0.25) is 0 Å². The predicted octanol–water partition coefficient (Wildman–Crippen LogP) is 4.36. The molecule has 0 bridgehead atoms. The first-order chi connectivity index (χ1) is 6.87. The fourth-order valence-corrected chi connectivity index (χ4v) is 3.48. The molecular weight excluding hydrogens is 200 g/mol. The molecule has 2 atom stereocenters. The molecule has 0 aromatic carbocycles. The minimum absolute atomic E-state index is 0.475. The van der Waals surface area contributed by atoms with Crippen molar-refractivity contribution in [2.75, 3.05) is 0 Å². The molecule has 1 aliphatic rings. The summed E-state index contributed by atoms with van der Waals surface area (Å²) in [7, 11) is -1.37. The SMILES string of the molecule is C/C1=C/CCC(C)CC(O[Si](C)(C)C)C1. The second-order valence-corrected chi connectivity index (χ2v) is 10.5. The molecule has 0 aliphatic heterocycles. The van der Waals surface area contributed by atoms with Gasteiger partial charge in [-0.05, 0) is 58.2 Å². The topological polar surface area (TPSA) is 9.23 Å². The fraction of sp³-hybridized carbons (Fsp3) is 0.846. The van der Waals surface area contributed by atoms with Crippen LogP contribution in [0.15, 0.2) is 11.6 Å². The molecule has 0 N–H and O–H groups in total. The summed E-state index contributed by atoms with van der Waals surface area (Å²) in [6.07, 6.45) is 7.85. The summed E-state index contributed by atoms with van der Waals surface area (Å²) in [6, 6.07) is 0. The molecule has 1 rings (SSSR count). The average Bonchev–Trinajstić information content (AvgIpc) is 1.97. The molecule has 88 valence electrons. The smallest absolute Gasteiger partial charge is 0.184 e. The number of hydrogen-bond acceptors (Lipinski definition) is 1. The Labute approximate surface area is 96.0 Å². The Morgan fingerprint density at radius 2 is 2.00 bits per heavy atom. The molecule has 0 saturated carbocycles. The van der Waals surface area contributed by atoms with E-state index in [-0.39, 0.29) is 0 Å². The lowest BCUT2D eigenvalue weighted by Gasteiger charge is -2.30. The van der Waals surface area contributed by atoms with Crippen LogP contribution in [0.1, 0.15) is 39.5 Å². The van der Waals surface area contributed by atoms with Gasteiger partial charge in [-0.25, -0.2) is 0 Å². The third kappa shape index (κ3) is 5.52. The van der Waals surface area contributed by atoms with Gasteiger partial charge >= 0.3 is 0 Å². The van der Waals surface area contributed by atoms with E-state index in [1.165, 1.54) is 24.8 Å².